The molecule has 0 fully saturated rings. The summed E-state index contributed by atoms with van der Waals surface area (Å²) in [7, 11) is 3.04. The summed E-state index contributed by atoms with van der Waals surface area (Å²) in [6.45, 7) is 5.86. The molecule has 0 saturated heterocycles. The summed E-state index contributed by atoms with van der Waals surface area (Å²) in [5.41, 5.74) is 3.67. The second-order valence-corrected chi connectivity index (χ2v) is 12.8. The van der Waals surface area contributed by atoms with Gasteiger partial charge in [-0.05, 0) is 81.5 Å². The Labute approximate surface area is 269 Å². The van der Waals surface area contributed by atoms with E-state index in [1.807, 2.05) is 35.8 Å². The number of ether oxygens (including phenoxy) is 3. The third-order valence-corrected chi connectivity index (χ3v) is 9.55. The average Bonchev–Trinajstić information content (AvgIpc) is 3.74. The van der Waals surface area contributed by atoms with Crippen molar-refractivity contribution >= 4 is 45.9 Å². The highest BCUT2D eigenvalue weighted by Crippen LogP contribution is 2.40. The highest BCUT2D eigenvalue weighted by molar-refractivity contribution is 8.00. The molecule has 0 aliphatic heterocycles. The SMILES string of the molecule is CCOC(=O)c1c(NC(=O)[C@@H](C)Sc2nnc(CNC(=O)c3ccc(OC)c(OC)c3)n2-c2cccc(C)c2)sc2c1CCC2. The Hall–Kier alpha value is -4.36. The lowest BCUT2D eigenvalue weighted by atomic mass is 10.1. The number of nitrogens with zero attached hydrogens (tertiary/aromatic N) is 3. The molecule has 5 rings (SSSR count). The normalized spacial score (nSPS) is 12.7. The second kappa shape index (κ2) is 14.2. The molecule has 1 aliphatic rings. The fourth-order valence-electron chi connectivity index (χ4n) is 5.09. The van der Waals surface area contributed by atoms with Gasteiger partial charge in [-0.25, -0.2) is 4.79 Å². The highest BCUT2D eigenvalue weighted by Gasteiger charge is 2.30. The van der Waals surface area contributed by atoms with E-state index in [-0.39, 0.29) is 25.0 Å². The van der Waals surface area contributed by atoms with Crippen molar-refractivity contribution in [2.75, 3.05) is 26.1 Å². The Kier molecular flexibility index (Phi) is 10.1. The van der Waals surface area contributed by atoms with Crippen LogP contribution >= 0.6 is 23.1 Å². The first kappa shape index (κ1) is 32.0. The van der Waals surface area contributed by atoms with E-state index in [4.69, 9.17) is 14.2 Å². The molecule has 2 aromatic carbocycles. The fourth-order valence-corrected chi connectivity index (χ4v) is 7.26. The van der Waals surface area contributed by atoms with E-state index in [1.54, 1.807) is 32.0 Å². The molecule has 1 aliphatic carbocycles. The number of esters is 1. The van der Waals surface area contributed by atoms with Gasteiger partial charge in [0.15, 0.2) is 22.5 Å². The summed E-state index contributed by atoms with van der Waals surface area (Å²) in [4.78, 5) is 40.4. The minimum Gasteiger partial charge on any atom is -0.493 e. The number of anilines is 1. The Morgan fingerprint density at radius 3 is 2.60 bits per heavy atom. The van der Waals surface area contributed by atoms with E-state index in [9.17, 15) is 14.4 Å². The monoisotopic (exact) mass is 649 g/mol. The molecule has 11 nitrogen and oxygen atoms in total. The highest BCUT2D eigenvalue weighted by atomic mass is 32.2. The van der Waals surface area contributed by atoms with Gasteiger partial charge in [0.25, 0.3) is 5.91 Å². The summed E-state index contributed by atoms with van der Waals surface area (Å²) < 4.78 is 17.7. The largest absolute Gasteiger partial charge is 0.493 e. The molecule has 0 bridgehead atoms. The van der Waals surface area contributed by atoms with Crippen LogP contribution in [0.3, 0.4) is 0 Å². The minimum absolute atomic E-state index is 0.0822. The molecule has 0 radical (unpaired) electrons. The molecule has 0 spiro atoms. The van der Waals surface area contributed by atoms with Crippen molar-refractivity contribution in [3.05, 3.63) is 75.4 Å². The maximum atomic E-state index is 13.4. The van der Waals surface area contributed by atoms with Crippen molar-refractivity contribution in [2.45, 2.75) is 57.0 Å². The average molecular weight is 650 g/mol. The number of rotatable bonds is 12. The van der Waals surface area contributed by atoms with E-state index in [0.717, 1.165) is 41.0 Å². The van der Waals surface area contributed by atoms with Crippen molar-refractivity contribution in [1.29, 1.82) is 0 Å². The maximum Gasteiger partial charge on any atom is 0.341 e. The van der Waals surface area contributed by atoms with Gasteiger partial charge in [0, 0.05) is 16.1 Å². The molecule has 0 saturated carbocycles. The summed E-state index contributed by atoms with van der Waals surface area (Å²) in [5.74, 6) is 0.453. The summed E-state index contributed by atoms with van der Waals surface area (Å²) in [5, 5.41) is 15.1. The molecular weight excluding hydrogens is 615 g/mol. The molecule has 2 aromatic heterocycles. The lowest BCUT2D eigenvalue weighted by molar-refractivity contribution is -0.115. The molecule has 1 atom stereocenters. The van der Waals surface area contributed by atoms with Crippen molar-refractivity contribution in [2.24, 2.45) is 0 Å². The number of nitrogens with one attached hydrogen (secondary N) is 2. The number of aromatic nitrogens is 3. The number of benzene rings is 2. The molecule has 0 unspecified atom stereocenters. The van der Waals surface area contributed by atoms with Gasteiger partial charge in [0.05, 0.1) is 38.2 Å². The number of hydrogen-bond donors (Lipinski definition) is 2. The Bertz CT molecular complexity index is 1730. The number of aryl methyl sites for hydroxylation is 2. The van der Waals surface area contributed by atoms with E-state index < -0.39 is 11.2 Å². The van der Waals surface area contributed by atoms with Gasteiger partial charge in [-0.1, -0.05) is 23.9 Å². The Balaban J connectivity index is 1.36. The lowest BCUT2D eigenvalue weighted by Gasteiger charge is -2.15. The second-order valence-electron chi connectivity index (χ2n) is 10.4. The van der Waals surface area contributed by atoms with Gasteiger partial charge in [-0.3, -0.25) is 14.2 Å². The zero-order valence-corrected chi connectivity index (χ0v) is 27.4. The van der Waals surface area contributed by atoms with Crippen LogP contribution in [0, 0.1) is 6.92 Å². The minimum atomic E-state index is -0.584. The van der Waals surface area contributed by atoms with E-state index in [2.05, 4.69) is 20.8 Å². The van der Waals surface area contributed by atoms with Crippen LogP contribution in [0.25, 0.3) is 5.69 Å². The number of fused-ring (bicyclic) bond motifs is 1. The topological polar surface area (TPSA) is 134 Å². The molecule has 236 valence electrons. The number of hydrogen-bond acceptors (Lipinski definition) is 10. The fraction of sp³-hybridized carbons (Fsp3) is 0.344. The van der Waals surface area contributed by atoms with Crippen LogP contribution in [0.1, 0.15) is 62.8 Å². The summed E-state index contributed by atoms with van der Waals surface area (Å²) in [6.07, 6.45) is 2.67. The first-order valence-electron chi connectivity index (χ1n) is 14.5. The van der Waals surface area contributed by atoms with Crippen molar-refractivity contribution in [1.82, 2.24) is 20.1 Å². The van der Waals surface area contributed by atoms with Crippen LogP contribution in [0.2, 0.25) is 0 Å². The van der Waals surface area contributed by atoms with Gasteiger partial charge in [0.2, 0.25) is 5.91 Å². The number of carbonyl (C=O) groups is 3. The van der Waals surface area contributed by atoms with Crippen LogP contribution in [0.4, 0.5) is 5.00 Å². The van der Waals surface area contributed by atoms with Gasteiger partial charge in [-0.2, -0.15) is 0 Å². The quantitative estimate of drug-likeness (QED) is 0.154. The first-order valence-corrected chi connectivity index (χ1v) is 16.2. The van der Waals surface area contributed by atoms with Gasteiger partial charge in [0.1, 0.15) is 5.00 Å². The van der Waals surface area contributed by atoms with Crippen LogP contribution in [0.15, 0.2) is 47.6 Å². The summed E-state index contributed by atoms with van der Waals surface area (Å²) >= 11 is 2.68. The first-order chi connectivity index (χ1) is 21.7. The number of carbonyl (C=O) groups excluding carboxylic acids is 3. The number of amides is 2. The van der Waals surface area contributed by atoms with Crippen LogP contribution < -0.4 is 20.1 Å². The standard InChI is InChI=1S/C32H35N5O6S2/c1-6-43-31(40)27-22-11-8-12-25(22)45-30(27)34-28(38)19(3)44-32-36-35-26(37(32)21-10-7-9-18(2)15-21)17-33-29(39)20-13-14-23(41-4)24(16-20)42-5/h7,9-10,13-16,19H,6,8,11-12,17H2,1-5H3,(H,33,39)(H,34,38)/t19-/m1/s1. The molecule has 45 heavy (non-hydrogen) atoms. The van der Waals surface area contributed by atoms with Gasteiger partial charge in [-0.15, -0.1) is 21.5 Å². The van der Waals surface area contributed by atoms with E-state index >= 15 is 0 Å². The van der Waals surface area contributed by atoms with Crippen LogP contribution in [0.5, 0.6) is 11.5 Å². The van der Waals surface area contributed by atoms with Crippen LogP contribution in [-0.4, -0.2) is 58.6 Å². The van der Waals surface area contributed by atoms with Crippen LogP contribution in [-0.2, 0) is 28.9 Å². The Morgan fingerprint density at radius 2 is 1.87 bits per heavy atom. The zero-order valence-electron chi connectivity index (χ0n) is 25.8. The third kappa shape index (κ3) is 6.99. The van der Waals surface area contributed by atoms with E-state index in [0.29, 0.717) is 38.6 Å². The molecule has 2 N–H and O–H groups in total. The number of methoxy groups -OCH3 is 2. The third-order valence-electron chi connectivity index (χ3n) is 7.30. The smallest absolute Gasteiger partial charge is 0.341 e. The Morgan fingerprint density at radius 1 is 1.07 bits per heavy atom. The lowest BCUT2D eigenvalue weighted by Crippen LogP contribution is -2.25. The summed E-state index contributed by atoms with van der Waals surface area (Å²) in [6, 6.07) is 12.7. The van der Waals surface area contributed by atoms with Crippen molar-refractivity contribution < 1.29 is 28.6 Å². The van der Waals surface area contributed by atoms with E-state index in [1.165, 1.54) is 37.3 Å². The van der Waals surface area contributed by atoms with Crippen molar-refractivity contribution in [3.63, 3.8) is 0 Å². The molecular formula is C32H35N5O6S2. The van der Waals surface area contributed by atoms with Crippen molar-refractivity contribution in [3.8, 4) is 17.2 Å². The maximum absolute atomic E-state index is 13.4. The zero-order chi connectivity index (χ0) is 32.1. The number of thiophene rings is 1. The predicted octanol–water partition coefficient (Wildman–Crippen LogP) is 5.37. The molecule has 2 amide bonds. The van der Waals surface area contributed by atoms with Gasteiger partial charge < -0.3 is 24.8 Å². The predicted molar refractivity (Wildman–Crippen MR) is 173 cm³/mol. The molecule has 2 heterocycles. The molecule has 13 heteroatoms. The number of thioether (sulfide) groups is 1. The molecule has 4 aromatic rings. The van der Waals surface area contributed by atoms with Gasteiger partial charge >= 0.3 is 5.97 Å².